The van der Waals surface area contributed by atoms with Crippen molar-refractivity contribution in [1.29, 1.82) is 0 Å². The van der Waals surface area contributed by atoms with Gasteiger partial charge in [0.15, 0.2) is 6.10 Å². The Bertz CT molecular complexity index is 540. The maximum absolute atomic E-state index is 12.5. The quantitative estimate of drug-likeness (QED) is 0.783. The van der Waals surface area contributed by atoms with Crippen molar-refractivity contribution in [3.05, 3.63) is 29.8 Å². The second kappa shape index (κ2) is 7.99. The molecule has 0 unspecified atom stereocenters. The van der Waals surface area contributed by atoms with Crippen molar-refractivity contribution in [3.8, 4) is 5.75 Å². The molecule has 23 heavy (non-hydrogen) atoms. The van der Waals surface area contributed by atoms with E-state index in [1.54, 1.807) is 18.7 Å². The molecule has 0 aliphatic carbocycles. The monoisotopic (exact) mass is 319 g/mol. The lowest BCUT2D eigenvalue weighted by Crippen LogP contribution is -2.47. The normalized spacial score (nSPS) is 19.1. The Morgan fingerprint density at radius 1 is 1.30 bits per heavy atom. The molecule has 5 heteroatoms. The highest BCUT2D eigenvalue weighted by Gasteiger charge is 2.31. The molecule has 0 N–H and O–H groups in total. The van der Waals surface area contributed by atoms with Gasteiger partial charge in [0.2, 0.25) is 0 Å². The molecule has 0 bridgehead atoms. The van der Waals surface area contributed by atoms with Gasteiger partial charge in [0, 0.05) is 13.1 Å². The number of aryl methyl sites for hydroxylation is 1. The molecule has 1 saturated heterocycles. The number of nitrogens with zero attached hydrogens (tertiary/aromatic N) is 1. The number of carbonyl (C=O) groups excluding carboxylic acids is 2. The number of piperidine rings is 1. The van der Waals surface area contributed by atoms with Crippen molar-refractivity contribution >= 4 is 11.9 Å². The van der Waals surface area contributed by atoms with Crippen LogP contribution in [0.25, 0.3) is 0 Å². The Labute approximate surface area is 137 Å². The van der Waals surface area contributed by atoms with Crippen molar-refractivity contribution in [2.24, 2.45) is 5.92 Å². The van der Waals surface area contributed by atoms with E-state index >= 15 is 0 Å². The zero-order chi connectivity index (χ0) is 16.8. The summed E-state index contributed by atoms with van der Waals surface area (Å²) >= 11 is 0. The van der Waals surface area contributed by atoms with Crippen LogP contribution in [-0.2, 0) is 14.3 Å². The molecule has 0 aromatic heterocycles. The number of likely N-dealkylation sites (tertiary alicyclic amines) is 1. The molecule has 126 valence electrons. The van der Waals surface area contributed by atoms with Gasteiger partial charge in [-0.3, -0.25) is 9.59 Å². The average molecular weight is 319 g/mol. The fourth-order valence-corrected chi connectivity index (χ4v) is 2.76. The van der Waals surface area contributed by atoms with Gasteiger partial charge in [-0.1, -0.05) is 17.7 Å². The fraction of sp³-hybridized carbons (Fsp3) is 0.556. The van der Waals surface area contributed by atoms with Crippen LogP contribution >= 0.6 is 0 Å². The van der Waals surface area contributed by atoms with E-state index in [2.05, 4.69) is 0 Å². The van der Waals surface area contributed by atoms with Crippen LogP contribution in [0.5, 0.6) is 5.75 Å². The molecular formula is C18H25NO4. The third-order valence-electron chi connectivity index (χ3n) is 4.03. The predicted octanol–water partition coefficient (Wildman–Crippen LogP) is 2.56. The first kappa shape index (κ1) is 17.3. The maximum Gasteiger partial charge on any atom is 0.310 e. The van der Waals surface area contributed by atoms with Gasteiger partial charge >= 0.3 is 5.97 Å². The summed E-state index contributed by atoms with van der Waals surface area (Å²) in [6.45, 7) is 6.99. The molecule has 2 rings (SSSR count). The van der Waals surface area contributed by atoms with E-state index in [1.165, 1.54) is 0 Å². The van der Waals surface area contributed by atoms with Crippen LogP contribution in [-0.4, -0.2) is 42.6 Å². The summed E-state index contributed by atoms with van der Waals surface area (Å²) in [5.41, 5.74) is 1.14. The summed E-state index contributed by atoms with van der Waals surface area (Å²) in [6.07, 6.45) is 1.01. The summed E-state index contributed by atoms with van der Waals surface area (Å²) in [7, 11) is 0. The van der Waals surface area contributed by atoms with Crippen molar-refractivity contribution < 1.29 is 19.1 Å². The zero-order valence-corrected chi connectivity index (χ0v) is 14.1. The summed E-state index contributed by atoms with van der Waals surface area (Å²) in [6, 6.07) is 7.61. The van der Waals surface area contributed by atoms with E-state index in [0.29, 0.717) is 25.4 Å². The minimum Gasteiger partial charge on any atom is -0.481 e. The van der Waals surface area contributed by atoms with Crippen LogP contribution in [0.2, 0.25) is 0 Å². The number of amides is 1. The van der Waals surface area contributed by atoms with E-state index in [0.717, 1.165) is 18.4 Å². The third kappa shape index (κ3) is 4.71. The van der Waals surface area contributed by atoms with Crippen LogP contribution in [0.1, 0.15) is 32.3 Å². The average Bonchev–Trinajstić information content (AvgIpc) is 2.56. The molecule has 1 aromatic rings. The van der Waals surface area contributed by atoms with E-state index < -0.39 is 6.10 Å². The molecule has 1 fully saturated rings. The molecule has 1 aliphatic heterocycles. The van der Waals surface area contributed by atoms with E-state index in [1.807, 2.05) is 31.2 Å². The smallest absolute Gasteiger partial charge is 0.310 e. The van der Waals surface area contributed by atoms with Crippen LogP contribution in [0.3, 0.4) is 0 Å². The lowest BCUT2D eigenvalue weighted by Gasteiger charge is -2.33. The molecule has 0 radical (unpaired) electrons. The van der Waals surface area contributed by atoms with Gasteiger partial charge in [-0.05, 0) is 45.7 Å². The number of esters is 1. The van der Waals surface area contributed by atoms with Crippen LogP contribution < -0.4 is 4.74 Å². The minimum absolute atomic E-state index is 0.0837. The van der Waals surface area contributed by atoms with Crippen molar-refractivity contribution in [2.75, 3.05) is 19.7 Å². The highest BCUT2D eigenvalue weighted by atomic mass is 16.5. The Hall–Kier alpha value is -2.04. The third-order valence-corrected chi connectivity index (χ3v) is 4.03. The number of rotatable bonds is 5. The van der Waals surface area contributed by atoms with Crippen molar-refractivity contribution in [2.45, 2.75) is 39.7 Å². The number of hydrogen-bond acceptors (Lipinski definition) is 4. The maximum atomic E-state index is 12.5. The minimum atomic E-state index is -0.571. The Balaban J connectivity index is 1.93. The summed E-state index contributed by atoms with van der Waals surface area (Å²) in [5.74, 6) is 0.159. The lowest BCUT2D eigenvalue weighted by atomic mass is 9.98. The van der Waals surface area contributed by atoms with Gasteiger partial charge in [-0.15, -0.1) is 0 Å². The fourth-order valence-electron chi connectivity index (χ4n) is 2.76. The van der Waals surface area contributed by atoms with Gasteiger partial charge < -0.3 is 14.4 Å². The van der Waals surface area contributed by atoms with Crippen LogP contribution in [0, 0.1) is 12.8 Å². The summed E-state index contributed by atoms with van der Waals surface area (Å²) in [4.78, 5) is 26.1. The predicted molar refractivity (Wildman–Crippen MR) is 87.2 cm³/mol. The second-order valence-corrected chi connectivity index (χ2v) is 5.95. The number of ether oxygens (including phenoxy) is 2. The highest BCUT2D eigenvalue weighted by Crippen LogP contribution is 2.20. The first-order valence-corrected chi connectivity index (χ1v) is 8.20. The van der Waals surface area contributed by atoms with E-state index in [4.69, 9.17) is 9.47 Å². The first-order chi connectivity index (χ1) is 11.0. The second-order valence-electron chi connectivity index (χ2n) is 5.95. The van der Waals surface area contributed by atoms with Gasteiger partial charge in [0.25, 0.3) is 5.91 Å². The van der Waals surface area contributed by atoms with Crippen molar-refractivity contribution in [1.82, 2.24) is 4.90 Å². The Kier molecular flexibility index (Phi) is 6.02. The molecule has 0 spiro atoms. The first-order valence-electron chi connectivity index (χ1n) is 8.20. The van der Waals surface area contributed by atoms with E-state index in [-0.39, 0.29) is 17.8 Å². The van der Waals surface area contributed by atoms with Crippen LogP contribution in [0.4, 0.5) is 0 Å². The molecular weight excluding hydrogens is 294 g/mol. The van der Waals surface area contributed by atoms with Gasteiger partial charge in [-0.2, -0.15) is 0 Å². The SMILES string of the molecule is CCOC(=O)[C@@H]1CCCN(C(=O)[C@H](C)Oc2ccc(C)cc2)C1. The van der Waals surface area contributed by atoms with Gasteiger partial charge in [-0.25, -0.2) is 0 Å². The molecule has 0 saturated carbocycles. The number of hydrogen-bond donors (Lipinski definition) is 0. The van der Waals surface area contributed by atoms with E-state index in [9.17, 15) is 9.59 Å². The molecule has 1 aromatic carbocycles. The summed E-state index contributed by atoms with van der Waals surface area (Å²) < 4.78 is 10.8. The molecule has 2 atom stereocenters. The molecule has 1 amide bonds. The highest BCUT2D eigenvalue weighted by molar-refractivity contribution is 5.82. The molecule has 1 heterocycles. The largest absolute Gasteiger partial charge is 0.481 e. The molecule has 1 aliphatic rings. The van der Waals surface area contributed by atoms with Gasteiger partial charge in [0.1, 0.15) is 5.75 Å². The Morgan fingerprint density at radius 2 is 2.00 bits per heavy atom. The van der Waals surface area contributed by atoms with Crippen LogP contribution in [0.15, 0.2) is 24.3 Å². The molecule has 5 nitrogen and oxygen atoms in total. The number of carbonyl (C=O) groups is 2. The lowest BCUT2D eigenvalue weighted by molar-refractivity contribution is -0.152. The Morgan fingerprint density at radius 3 is 2.65 bits per heavy atom. The number of benzene rings is 1. The standard InChI is InChI=1S/C18H25NO4/c1-4-22-18(21)15-6-5-11-19(12-15)17(20)14(3)23-16-9-7-13(2)8-10-16/h7-10,14-15H,4-6,11-12H2,1-3H3/t14-,15+/m0/s1. The van der Waals surface area contributed by atoms with Gasteiger partial charge in [0.05, 0.1) is 12.5 Å². The topological polar surface area (TPSA) is 55.8 Å². The summed E-state index contributed by atoms with van der Waals surface area (Å²) in [5, 5.41) is 0. The zero-order valence-electron chi connectivity index (χ0n) is 14.1. The van der Waals surface area contributed by atoms with Crippen molar-refractivity contribution in [3.63, 3.8) is 0 Å².